The van der Waals surface area contributed by atoms with Crippen LogP contribution in [0.25, 0.3) is 11.4 Å². The highest BCUT2D eigenvalue weighted by Gasteiger charge is 2.12. The monoisotopic (exact) mass is 355 g/mol. The number of hydrogen-bond acceptors (Lipinski definition) is 6. The first-order chi connectivity index (χ1) is 12.1. The zero-order chi connectivity index (χ0) is 17.8. The van der Waals surface area contributed by atoms with Gasteiger partial charge < -0.3 is 4.74 Å². The fourth-order valence-corrected chi connectivity index (χ4v) is 2.39. The number of nitro benzene ring substituents is 1. The molecule has 8 nitrogen and oxygen atoms in total. The maximum atomic E-state index is 11.1. The molecule has 0 fully saturated rings. The molecule has 0 aliphatic carbocycles. The molecular weight excluding hydrogens is 342 g/mol. The van der Waals surface area contributed by atoms with E-state index in [0.717, 1.165) is 5.56 Å². The topological polar surface area (TPSA) is 98.3 Å². The highest BCUT2D eigenvalue weighted by molar-refractivity contribution is 7.71. The molecule has 3 aromatic rings. The number of aromatic amines is 1. The van der Waals surface area contributed by atoms with Crippen LogP contribution in [-0.2, 0) is 0 Å². The van der Waals surface area contributed by atoms with Crippen molar-refractivity contribution in [1.82, 2.24) is 14.9 Å². The number of nitrogens with one attached hydrogen (secondary N) is 1. The maximum absolute atomic E-state index is 11.1. The largest absolute Gasteiger partial charge is 0.497 e. The van der Waals surface area contributed by atoms with Gasteiger partial charge in [-0.1, -0.05) is 12.1 Å². The quantitative estimate of drug-likeness (QED) is 0.327. The Morgan fingerprint density at radius 1 is 1.28 bits per heavy atom. The molecule has 2 aromatic carbocycles. The lowest BCUT2D eigenvalue weighted by Crippen LogP contribution is -1.98. The van der Waals surface area contributed by atoms with Gasteiger partial charge >= 0.3 is 0 Å². The van der Waals surface area contributed by atoms with Crippen LogP contribution < -0.4 is 4.74 Å². The lowest BCUT2D eigenvalue weighted by molar-refractivity contribution is -0.385. The van der Waals surface area contributed by atoms with Gasteiger partial charge in [0.1, 0.15) is 5.75 Å². The van der Waals surface area contributed by atoms with Gasteiger partial charge in [0.05, 0.1) is 23.8 Å². The first-order valence-corrected chi connectivity index (χ1v) is 7.60. The fraction of sp³-hybridized carbons (Fsp3) is 0.0625. The van der Waals surface area contributed by atoms with Crippen molar-refractivity contribution in [3.05, 3.63) is 69.0 Å². The van der Waals surface area contributed by atoms with Crippen molar-refractivity contribution >= 4 is 24.1 Å². The summed E-state index contributed by atoms with van der Waals surface area (Å²) in [7, 11) is 1.59. The number of para-hydroxylation sites is 1. The van der Waals surface area contributed by atoms with Gasteiger partial charge in [-0.2, -0.15) is 14.9 Å². The third-order valence-electron chi connectivity index (χ3n) is 3.44. The van der Waals surface area contributed by atoms with Gasteiger partial charge in [0.2, 0.25) is 4.77 Å². The Labute approximate surface area is 147 Å². The van der Waals surface area contributed by atoms with E-state index in [1.54, 1.807) is 37.4 Å². The fourth-order valence-electron chi connectivity index (χ4n) is 2.21. The Bertz CT molecular complexity index is 992. The third kappa shape index (κ3) is 3.45. The first kappa shape index (κ1) is 16.5. The summed E-state index contributed by atoms with van der Waals surface area (Å²) < 4.78 is 6.82. The molecule has 0 unspecified atom stereocenters. The van der Waals surface area contributed by atoms with Gasteiger partial charge in [0.15, 0.2) is 5.82 Å². The van der Waals surface area contributed by atoms with E-state index in [4.69, 9.17) is 17.0 Å². The number of benzene rings is 2. The minimum Gasteiger partial charge on any atom is -0.497 e. The highest BCUT2D eigenvalue weighted by atomic mass is 32.1. The van der Waals surface area contributed by atoms with Gasteiger partial charge in [-0.15, -0.1) is 0 Å². The van der Waals surface area contributed by atoms with Crippen LogP contribution in [-0.4, -0.2) is 33.1 Å². The van der Waals surface area contributed by atoms with Crippen LogP contribution in [0.5, 0.6) is 5.75 Å². The van der Waals surface area contributed by atoms with E-state index in [2.05, 4.69) is 15.3 Å². The number of rotatable bonds is 5. The summed E-state index contributed by atoms with van der Waals surface area (Å²) >= 11 is 5.19. The minimum absolute atomic E-state index is 0.0349. The Balaban J connectivity index is 2.00. The molecule has 126 valence electrons. The second-order valence-electron chi connectivity index (χ2n) is 4.95. The second kappa shape index (κ2) is 7.05. The predicted octanol–water partition coefficient (Wildman–Crippen LogP) is 3.41. The number of methoxy groups -OCH3 is 1. The maximum Gasteiger partial charge on any atom is 0.278 e. The van der Waals surface area contributed by atoms with Crippen molar-refractivity contribution in [2.75, 3.05) is 7.11 Å². The van der Waals surface area contributed by atoms with Gasteiger partial charge in [-0.05, 0) is 42.5 Å². The molecule has 1 heterocycles. The predicted molar refractivity (Wildman–Crippen MR) is 95.5 cm³/mol. The Morgan fingerprint density at radius 2 is 2.00 bits per heavy atom. The Kier molecular flexibility index (Phi) is 4.66. The van der Waals surface area contributed by atoms with Crippen molar-refractivity contribution in [3.8, 4) is 17.1 Å². The molecular formula is C16H13N5O3S. The van der Waals surface area contributed by atoms with Gasteiger partial charge in [-0.25, -0.2) is 5.10 Å². The van der Waals surface area contributed by atoms with E-state index in [1.807, 2.05) is 12.1 Å². The molecule has 0 saturated heterocycles. The van der Waals surface area contributed by atoms with Crippen LogP contribution in [0.2, 0.25) is 0 Å². The van der Waals surface area contributed by atoms with E-state index in [-0.39, 0.29) is 10.5 Å². The molecule has 0 bridgehead atoms. The van der Waals surface area contributed by atoms with Gasteiger partial charge in [-0.3, -0.25) is 10.1 Å². The van der Waals surface area contributed by atoms with Crippen LogP contribution in [0.4, 0.5) is 5.69 Å². The SMILES string of the molecule is COc1ccc(-c2n[nH]c(=S)n2/N=C\c2ccccc2[N+](=O)[O-])cc1. The number of H-pyrrole nitrogens is 1. The third-order valence-corrected chi connectivity index (χ3v) is 3.71. The van der Waals surface area contributed by atoms with Crippen molar-refractivity contribution < 1.29 is 9.66 Å². The van der Waals surface area contributed by atoms with E-state index < -0.39 is 4.92 Å². The molecule has 1 aromatic heterocycles. The zero-order valence-corrected chi connectivity index (χ0v) is 13.9. The van der Waals surface area contributed by atoms with Crippen molar-refractivity contribution in [2.24, 2.45) is 5.10 Å². The molecule has 25 heavy (non-hydrogen) atoms. The van der Waals surface area contributed by atoms with Gasteiger partial charge in [0, 0.05) is 11.6 Å². The van der Waals surface area contributed by atoms with E-state index >= 15 is 0 Å². The standard InChI is InChI=1S/C16H13N5O3S/c1-24-13-8-6-11(7-9-13)15-18-19-16(25)20(15)17-10-12-4-2-3-5-14(12)21(22)23/h2-10H,1H3,(H,19,25)/b17-10-. The van der Waals surface area contributed by atoms with Gasteiger partial charge in [0.25, 0.3) is 5.69 Å². The summed E-state index contributed by atoms with van der Waals surface area (Å²) in [5.41, 5.74) is 1.11. The van der Waals surface area contributed by atoms with Crippen molar-refractivity contribution in [1.29, 1.82) is 0 Å². The summed E-state index contributed by atoms with van der Waals surface area (Å²) in [6.45, 7) is 0. The van der Waals surface area contributed by atoms with Crippen LogP contribution in [0.3, 0.4) is 0 Å². The molecule has 0 atom stereocenters. The average Bonchev–Trinajstić information content (AvgIpc) is 3.00. The molecule has 0 amide bonds. The molecule has 0 saturated carbocycles. The molecule has 0 aliphatic heterocycles. The van der Waals surface area contributed by atoms with Crippen LogP contribution >= 0.6 is 12.2 Å². The number of nitrogens with zero attached hydrogens (tertiary/aromatic N) is 4. The number of aromatic nitrogens is 3. The van der Waals surface area contributed by atoms with E-state index in [9.17, 15) is 10.1 Å². The first-order valence-electron chi connectivity index (χ1n) is 7.20. The van der Waals surface area contributed by atoms with Crippen LogP contribution in [0.15, 0.2) is 53.6 Å². The molecule has 1 N–H and O–H groups in total. The Morgan fingerprint density at radius 3 is 2.68 bits per heavy atom. The number of hydrogen-bond donors (Lipinski definition) is 1. The summed E-state index contributed by atoms with van der Waals surface area (Å²) in [4.78, 5) is 10.6. The summed E-state index contributed by atoms with van der Waals surface area (Å²) in [6, 6.07) is 13.6. The van der Waals surface area contributed by atoms with Crippen molar-refractivity contribution in [3.63, 3.8) is 0 Å². The molecule has 0 aliphatic rings. The summed E-state index contributed by atoms with van der Waals surface area (Å²) in [5.74, 6) is 1.20. The zero-order valence-electron chi connectivity index (χ0n) is 13.1. The van der Waals surface area contributed by atoms with Crippen molar-refractivity contribution in [2.45, 2.75) is 0 Å². The summed E-state index contributed by atoms with van der Waals surface area (Å²) in [6.07, 6.45) is 1.39. The lowest BCUT2D eigenvalue weighted by atomic mass is 10.2. The van der Waals surface area contributed by atoms with E-state index in [0.29, 0.717) is 17.1 Å². The molecule has 0 spiro atoms. The second-order valence-corrected chi connectivity index (χ2v) is 5.34. The summed E-state index contributed by atoms with van der Waals surface area (Å²) in [5, 5.41) is 22.2. The normalized spacial score (nSPS) is 10.9. The highest BCUT2D eigenvalue weighted by Crippen LogP contribution is 2.21. The molecule has 9 heteroatoms. The van der Waals surface area contributed by atoms with E-state index in [1.165, 1.54) is 17.0 Å². The smallest absolute Gasteiger partial charge is 0.278 e. The molecule has 3 rings (SSSR count). The number of ether oxygens (including phenoxy) is 1. The Hall–Kier alpha value is -3.33. The minimum atomic E-state index is -0.458. The van der Waals surface area contributed by atoms with Crippen LogP contribution in [0.1, 0.15) is 5.56 Å². The average molecular weight is 355 g/mol. The lowest BCUT2D eigenvalue weighted by Gasteiger charge is -2.03. The number of nitro groups is 1. The van der Waals surface area contributed by atoms with Crippen LogP contribution in [0, 0.1) is 14.9 Å². The molecule has 0 radical (unpaired) electrons.